The minimum absolute atomic E-state index is 0.270. The van der Waals surface area contributed by atoms with Crippen molar-refractivity contribution < 1.29 is 14.3 Å². The molecule has 20 heavy (non-hydrogen) atoms. The van der Waals surface area contributed by atoms with Gasteiger partial charge in [-0.1, -0.05) is 20.8 Å². The van der Waals surface area contributed by atoms with E-state index >= 15 is 0 Å². The van der Waals surface area contributed by atoms with Gasteiger partial charge in [-0.25, -0.2) is 0 Å². The molecular formula is C14H23N3O3. The van der Waals surface area contributed by atoms with Gasteiger partial charge < -0.3 is 10.1 Å². The Bertz CT molecular complexity index is 435. The summed E-state index contributed by atoms with van der Waals surface area (Å²) >= 11 is 0. The van der Waals surface area contributed by atoms with Crippen LogP contribution in [0.5, 0.6) is 0 Å². The van der Waals surface area contributed by atoms with Crippen molar-refractivity contribution >= 4 is 11.9 Å². The van der Waals surface area contributed by atoms with Crippen LogP contribution in [0.25, 0.3) is 0 Å². The fourth-order valence-electron chi connectivity index (χ4n) is 1.91. The van der Waals surface area contributed by atoms with Crippen molar-refractivity contribution in [2.24, 2.45) is 11.3 Å². The number of carbonyl (C=O) groups excluding carboxylic acids is 2. The maximum atomic E-state index is 12.2. The zero-order valence-corrected chi connectivity index (χ0v) is 12.5. The Hall–Kier alpha value is -1.85. The van der Waals surface area contributed by atoms with Crippen molar-refractivity contribution in [3.63, 3.8) is 0 Å². The van der Waals surface area contributed by atoms with Crippen LogP contribution in [0.2, 0.25) is 0 Å². The third kappa shape index (κ3) is 4.68. The number of hydrogen-bond donors (Lipinski definition) is 1. The Balaban J connectivity index is 2.57. The lowest BCUT2D eigenvalue weighted by molar-refractivity contribution is -0.156. The number of ether oxygens (including phenoxy) is 1. The third-order valence-electron chi connectivity index (χ3n) is 2.85. The summed E-state index contributed by atoms with van der Waals surface area (Å²) in [5, 5.41) is 6.81. The number of esters is 1. The number of nitrogens with one attached hydrogen (secondary N) is 1. The van der Waals surface area contributed by atoms with Crippen molar-refractivity contribution in [1.29, 1.82) is 0 Å². The molecule has 6 nitrogen and oxygen atoms in total. The summed E-state index contributed by atoms with van der Waals surface area (Å²) in [6.45, 7) is 8.54. The second kappa shape index (κ2) is 7.07. The third-order valence-corrected chi connectivity index (χ3v) is 2.85. The average molecular weight is 281 g/mol. The fraction of sp³-hybridized carbons (Fsp3) is 0.643. The summed E-state index contributed by atoms with van der Waals surface area (Å²) in [6, 6.07) is 1.82. The predicted octanol–water partition coefficient (Wildman–Crippen LogP) is 1.22. The van der Waals surface area contributed by atoms with E-state index in [1.54, 1.807) is 17.8 Å². The molecule has 1 N–H and O–H groups in total. The van der Waals surface area contributed by atoms with Gasteiger partial charge in [-0.2, -0.15) is 5.10 Å². The number of nitrogens with zero attached hydrogens (tertiary/aromatic N) is 2. The average Bonchev–Trinajstić information content (AvgIpc) is 2.80. The minimum atomic E-state index is -0.805. The highest BCUT2D eigenvalue weighted by atomic mass is 16.5. The lowest BCUT2D eigenvalue weighted by Crippen LogP contribution is -2.44. The smallest absolute Gasteiger partial charge is 0.319 e. The molecule has 1 heterocycles. The van der Waals surface area contributed by atoms with E-state index in [1.807, 2.05) is 33.0 Å². The lowest BCUT2D eigenvalue weighted by Gasteiger charge is -2.27. The fourth-order valence-corrected chi connectivity index (χ4v) is 1.91. The van der Waals surface area contributed by atoms with Crippen LogP contribution in [0.15, 0.2) is 18.5 Å². The number of hydrogen-bond acceptors (Lipinski definition) is 4. The van der Waals surface area contributed by atoms with Gasteiger partial charge >= 0.3 is 5.97 Å². The van der Waals surface area contributed by atoms with Gasteiger partial charge in [0.15, 0.2) is 0 Å². The van der Waals surface area contributed by atoms with Crippen LogP contribution < -0.4 is 5.32 Å². The molecule has 1 rings (SSSR count). The number of rotatable bonds is 6. The molecular weight excluding hydrogens is 258 g/mol. The monoisotopic (exact) mass is 281 g/mol. The topological polar surface area (TPSA) is 73.2 Å². The Morgan fingerprint density at radius 1 is 1.40 bits per heavy atom. The molecule has 0 radical (unpaired) electrons. The van der Waals surface area contributed by atoms with Gasteiger partial charge in [-0.15, -0.1) is 0 Å². The summed E-state index contributed by atoms with van der Waals surface area (Å²) in [5.41, 5.74) is -0.484. The van der Waals surface area contributed by atoms with Crippen molar-refractivity contribution in [2.45, 2.75) is 34.2 Å². The first-order valence-corrected chi connectivity index (χ1v) is 6.78. The highest BCUT2D eigenvalue weighted by Gasteiger charge is 2.38. The van der Waals surface area contributed by atoms with Crippen LogP contribution >= 0.6 is 0 Å². The second-order valence-corrected chi connectivity index (χ2v) is 5.61. The van der Waals surface area contributed by atoms with Crippen molar-refractivity contribution in [2.75, 3.05) is 13.2 Å². The largest absolute Gasteiger partial charge is 0.465 e. The van der Waals surface area contributed by atoms with Gasteiger partial charge in [0, 0.05) is 18.9 Å². The highest BCUT2D eigenvalue weighted by molar-refractivity contribution is 5.98. The molecule has 0 saturated heterocycles. The van der Waals surface area contributed by atoms with E-state index in [4.69, 9.17) is 4.74 Å². The summed E-state index contributed by atoms with van der Waals surface area (Å²) in [6.07, 6.45) is 3.50. The maximum absolute atomic E-state index is 12.2. The Labute approximate surface area is 119 Å². The van der Waals surface area contributed by atoms with Crippen molar-refractivity contribution in [1.82, 2.24) is 15.1 Å². The van der Waals surface area contributed by atoms with Crippen LogP contribution in [-0.4, -0.2) is 34.8 Å². The van der Waals surface area contributed by atoms with E-state index in [0.717, 1.165) is 0 Å². The molecule has 0 aromatic carbocycles. The molecule has 0 bridgehead atoms. The number of amides is 1. The second-order valence-electron chi connectivity index (χ2n) is 5.61. The van der Waals surface area contributed by atoms with Crippen LogP contribution in [-0.2, 0) is 20.9 Å². The van der Waals surface area contributed by atoms with E-state index in [9.17, 15) is 9.59 Å². The molecule has 1 aromatic rings. The van der Waals surface area contributed by atoms with Crippen LogP contribution in [0.3, 0.4) is 0 Å². The summed E-state index contributed by atoms with van der Waals surface area (Å²) < 4.78 is 6.71. The molecule has 0 spiro atoms. The van der Waals surface area contributed by atoms with E-state index in [1.165, 1.54) is 0 Å². The Morgan fingerprint density at radius 2 is 2.10 bits per heavy atom. The normalized spacial score (nSPS) is 12.8. The standard InChI is InChI=1S/C14H23N3O3/c1-5-20-13(19)11(14(2,3)4)12(18)15-8-10-17-9-6-7-16-17/h6-7,9,11H,5,8,10H2,1-4H3,(H,15,18). The van der Waals surface area contributed by atoms with Crippen molar-refractivity contribution in [3.05, 3.63) is 18.5 Å². The summed E-state index contributed by atoms with van der Waals surface area (Å²) in [4.78, 5) is 24.1. The van der Waals surface area contributed by atoms with Gasteiger partial charge in [-0.3, -0.25) is 14.3 Å². The molecule has 0 aliphatic heterocycles. The lowest BCUT2D eigenvalue weighted by atomic mass is 9.80. The van der Waals surface area contributed by atoms with Gasteiger partial charge in [0.2, 0.25) is 5.91 Å². The van der Waals surface area contributed by atoms with Gasteiger partial charge in [0.1, 0.15) is 5.92 Å². The van der Waals surface area contributed by atoms with Gasteiger partial charge in [0.25, 0.3) is 0 Å². The van der Waals surface area contributed by atoms with E-state index in [-0.39, 0.29) is 12.5 Å². The van der Waals surface area contributed by atoms with Gasteiger partial charge in [0.05, 0.1) is 13.2 Å². The molecule has 1 aromatic heterocycles. The predicted molar refractivity (Wildman–Crippen MR) is 74.8 cm³/mol. The molecule has 1 unspecified atom stereocenters. The van der Waals surface area contributed by atoms with Crippen LogP contribution in [0, 0.1) is 11.3 Å². The first-order valence-electron chi connectivity index (χ1n) is 6.78. The molecule has 1 amide bonds. The zero-order valence-electron chi connectivity index (χ0n) is 12.5. The minimum Gasteiger partial charge on any atom is -0.465 e. The molecule has 0 fully saturated rings. The van der Waals surface area contributed by atoms with Gasteiger partial charge in [-0.05, 0) is 18.4 Å². The first-order chi connectivity index (χ1) is 9.36. The van der Waals surface area contributed by atoms with E-state index in [2.05, 4.69) is 10.4 Å². The number of carbonyl (C=O) groups is 2. The molecule has 0 saturated carbocycles. The summed E-state index contributed by atoms with van der Waals surface area (Å²) in [7, 11) is 0. The first kappa shape index (κ1) is 16.2. The quantitative estimate of drug-likeness (QED) is 0.628. The molecule has 1 atom stereocenters. The van der Waals surface area contributed by atoms with Crippen molar-refractivity contribution in [3.8, 4) is 0 Å². The highest BCUT2D eigenvalue weighted by Crippen LogP contribution is 2.27. The molecule has 0 aliphatic rings. The Kier molecular flexibility index (Phi) is 5.73. The van der Waals surface area contributed by atoms with E-state index in [0.29, 0.717) is 13.1 Å². The van der Waals surface area contributed by atoms with Crippen LogP contribution in [0.4, 0.5) is 0 Å². The maximum Gasteiger partial charge on any atom is 0.319 e. The SMILES string of the molecule is CCOC(=O)C(C(=O)NCCn1cccn1)C(C)(C)C. The molecule has 0 aliphatic carbocycles. The Morgan fingerprint density at radius 3 is 2.60 bits per heavy atom. The molecule has 112 valence electrons. The summed E-state index contributed by atoms with van der Waals surface area (Å²) in [5.74, 6) is -1.58. The molecule has 6 heteroatoms. The number of aromatic nitrogens is 2. The van der Waals surface area contributed by atoms with E-state index < -0.39 is 17.3 Å². The zero-order chi connectivity index (χ0) is 15.2. The van der Waals surface area contributed by atoms with Crippen LogP contribution in [0.1, 0.15) is 27.7 Å².